The van der Waals surface area contributed by atoms with Crippen molar-refractivity contribution < 1.29 is 0 Å². The Hall–Kier alpha value is -0.840. The first kappa shape index (κ1) is 15.5. The van der Waals surface area contributed by atoms with E-state index < -0.39 is 0 Å². The molecule has 5 heteroatoms. The van der Waals surface area contributed by atoms with Gasteiger partial charge in [-0.25, -0.2) is 0 Å². The molecule has 0 fully saturated rings. The predicted molar refractivity (Wildman–Crippen MR) is 87.6 cm³/mol. The third-order valence-corrected chi connectivity index (χ3v) is 4.34. The van der Waals surface area contributed by atoms with Crippen LogP contribution >= 0.6 is 27.5 Å². The molecule has 20 heavy (non-hydrogen) atoms. The summed E-state index contributed by atoms with van der Waals surface area (Å²) in [7, 11) is 1.97. The second-order valence-electron chi connectivity index (χ2n) is 4.90. The normalized spacial score (nSPS) is 11.1. The molecule has 0 amide bonds. The van der Waals surface area contributed by atoms with E-state index in [9.17, 15) is 0 Å². The third kappa shape index (κ3) is 3.43. The van der Waals surface area contributed by atoms with E-state index >= 15 is 0 Å². The number of rotatable bonds is 5. The van der Waals surface area contributed by atoms with Crippen molar-refractivity contribution in [3.8, 4) is 0 Å². The average Bonchev–Trinajstić information content (AvgIpc) is 2.66. The Bertz CT molecular complexity index is 607. The van der Waals surface area contributed by atoms with Gasteiger partial charge in [-0.2, -0.15) is 5.10 Å². The number of aromatic nitrogens is 2. The summed E-state index contributed by atoms with van der Waals surface area (Å²) < 4.78 is 3.03. The van der Waals surface area contributed by atoms with Crippen molar-refractivity contribution in [2.45, 2.75) is 26.8 Å². The van der Waals surface area contributed by atoms with E-state index in [2.05, 4.69) is 40.2 Å². The molecule has 3 nitrogen and oxygen atoms in total. The molecule has 0 saturated carbocycles. The number of nitrogens with zero attached hydrogens (tertiary/aromatic N) is 2. The van der Waals surface area contributed by atoms with Crippen LogP contribution in [-0.4, -0.2) is 23.4 Å². The summed E-state index contributed by atoms with van der Waals surface area (Å²) in [5.74, 6) is 0. The van der Waals surface area contributed by atoms with Crippen LogP contribution in [0.15, 0.2) is 22.7 Å². The molecule has 0 spiro atoms. The van der Waals surface area contributed by atoms with E-state index in [1.54, 1.807) is 0 Å². The van der Waals surface area contributed by atoms with Gasteiger partial charge in [0.25, 0.3) is 0 Å². The van der Waals surface area contributed by atoms with Crippen molar-refractivity contribution in [1.82, 2.24) is 15.1 Å². The number of hydrogen-bond donors (Lipinski definition) is 1. The van der Waals surface area contributed by atoms with E-state index in [1.807, 2.05) is 29.9 Å². The number of hydrogen-bond acceptors (Lipinski definition) is 2. The minimum atomic E-state index is 0.707. The van der Waals surface area contributed by atoms with Crippen LogP contribution in [0.1, 0.15) is 22.5 Å². The Morgan fingerprint density at radius 2 is 2.10 bits per heavy atom. The molecule has 108 valence electrons. The predicted octanol–water partition coefficient (Wildman–Crippen LogP) is 3.73. The first-order chi connectivity index (χ1) is 9.52. The van der Waals surface area contributed by atoms with E-state index in [-0.39, 0.29) is 0 Å². The van der Waals surface area contributed by atoms with Gasteiger partial charge in [-0.15, -0.1) is 0 Å². The topological polar surface area (TPSA) is 29.9 Å². The molecule has 1 N–H and O–H groups in total. The molecule has 0 atom stereocenters. The highest BCUT2D eigenvalue weighted by molar-refractivity contribution is 9.10. The Balaban J connectivity index is 2.25. The van der Waals surface area contributed by atoms with E-state index in [0.717, 1.165) is 33.7 Å². The van der Waals surface area contributed by atoms with Crippen molar-refractivity contribution in [3.05, 3.63) is 50.2 Å². The summed E-state index contributed by atoms with van der Waals surface area (Å²) in [6, 6.07) is 5.97. The average molecular weight is 357 g/mol. The van der Waals surface area contributed by atoms with Crippen LogP contribution in [0.5, 0.6) is 0 Å². The fraction of sp³-hybridized carbons (Fsp3) is 0.400. The first-order valence-corrected chi connectivity index (χ1v) is 7.81. The van der Waals surface area contributed by atoms with Crippen LogP contribution < -0.4 is 5.32 Å². The van der Waals surface area contributed by atoms with Gasteiger partial charge < -0.3 is 5.32 Å². The lowest BCUT2D eigenvalue weighted by Crippen LogP contribution is -2.11. The van der Waals surface area contributed by atoms with Gasteiger partial charge >= 0.3 is 0 Å². The van der Waals surface area contributed by atoms with Crippen LogP contribution in [0.2, 0.25) is 5.02 Å². The Morgan fingerprint density at radius 1 is 1.35 bits per heavy atom. The maximum atomic E-state index is 6.28. The lowest BCUT2D eigenvalue weighted by molar-refractivity contribution is 0.657. The van der Waals surface area contributed by atoms with Crippen LogP contribution in [0.4, 0.5) is 0 Å². The minimum Gasteiger partial charge on any atom is -0.319 e. The van der Waals surface area contributed by atoms with E-state index in [0.29, 0.717) is 6.54 Å². The van der Waals surface area contributed by atoms with Crippen molar-refractivity contribution in [2.24, 2.45) is 0 Å². The molecule has 0 aliphatic carbocycles. The highest BCUT2D eigenvalue weighted by atomic mass is 79.9. The van der Waals surface area contributed by atoms with Crippen LogP contribution in [0.3, 0.4) is 0 Å². The number of benzene rings is 1. The number of nitrogens with one attached hydrogen (secondary N) is 1. The quantitative estimate of drug-likeness (QED) is 0.885. The molecule has 1 aromatic heterocycles. The number of likely N-dealkylation sites (N-methyl/N-ethyl adjacent to an activating group) is 1. The zero-order valence-electron chi connectivity index (χ0n) is 12.0. The van der Waals surface area contributed by atoms with Gasteiger partial charge in [0.2, 0.25) is 0 Å². The van der Waals surface area contributed by atoms with E-state index in [4.69, 9.17) is 11.6 Å². The number of halogens is 2. The van der Waals surface area contributed by atoms with Gasteiger partial charge in [0.05, 0.1) is 12.2 Å². The van der Waals surface area contributed by atoms with Gasteiger partial charge in [-0.3, -0.25) is 4.68 Å². The molecule has 1 aromatic carbocycles. The summed E-state index contributed by atoms with van der Waals surface area (Å²) in [6.45, 7) is 5.86. The Labute approximate surface area is 133 Å². The first-order valence-electron chi connectivity index (χ1n) is 6.64. The summed E-state index contributed by atoms with van der Waals surface area (Å²) in [5, 5.41) is 8.59. The lowest BCUT2D eigenvalue weighted by Gasteiger charge is -2.08. The van der Waals surface area contributed by atoms with Crippen LogP contribution in [0, 0.1) is 13.8 Å². The molecule has 0 unspecified atom stereocenters. The Kier molecular flexibility index (Phi) is 5.24. The molecule has 2 rings (SSSR count). The fourth-order valence-corrected chi connectivity index (χ4v) is 3.04. The second kappa shape index (κ2) is 6.74. The molecule has 2 aromatic rings. The summed E-state index contributed by atoms with van der Waals surface area (Å²) >= 11 is 9.71. The monoisotopic (exact) mass is 355 g/mol. The van der Waals surface area contributed by atoms with Crippen molar-refractivity contribution >= 4 is 27.5 Å². The van der Waals surface area contributed by atoms with Crippen LogP contribution in [0.25, 0.3) is 0 Å². The third-order valence-electron chi connectivity index (χ3n) is 3.49. The molecule has 0 bridgehead atoms. The van der Waals surface area contributed by atoms with Crippen molar-refractivity contribution in [3.63, 3.8) is 0 Å². The van der Waals surface area contributed by atoms with Crippen LogP contribution in [-0.2, 0) is 13.0 Å². The highest BCUT2D eigenvalue weighted by Crippen LogP contribution is 2.23. The zero-order valence-corrected chi connectivity index (χ0v) is 14.3. The molecule has 0 aliphatic heterocycles. The maximum Gasteiger partial charge on any atom is 0.0677 e. The minimum absolute atomic E-state index is 0.707. The van der Waals surface area contributed by atoms with Crippen molar-refractivity contribution in [1.29, 1.82) is 0 Å². The Morgan fingerprint density at radius 3 is 2.75 bits per heavy atom. The summed E-state index contributed by atoms with van der Waals surface area (Å²) in [6.07, 6.45) is 1.00. The summed E-state index contributed by atoms with van der Waals surface area (Å²) in [5.41, 5.74) is 4.73. The summed E-state index contributed by atoms with van der Waals surface area (Å²) in [4.78, 5) is 0. The largest absolute Gasteiger partial charge is 0.319 e. The molecule has 0 radical (unpaired) electrons. The van der Waals surface area contributed by atoms with Gasteiger partial charge in [-0.1, -0.05) is 33.6 Å². The number of aryl methyl sites for hydroxylation is 1. The van der Waals surface area contributed by atoms with E-state index in [1.165, 1.54) is 11.3 Å². The molecular weight excluding hydrogens is 338 g/mol. The SMILES string of the molecule is CNCCc1c(C)nn(Cc2ccc(Br)cc2Cl)c1C. The van der Waals surface area contributed by atoms with Gasteiger partial charge in [0, 0.05) is 15.2 Å². The van der Waals surface area contributed by atoms with Gasteiger partial charge in [0.1, 0.15) is 0 Å². The van der Waals surface area contributed by atoms with Gasteiger partial charge in [-0.05, 0) is 57.1 Å². The smallest absolute Gasteiger partial charge is 0.0677 e. The lowest BCUT2D eigenvalue weighted by atomic mass is 10.1. The van der Waals surface area contributed by atoms with Crippen molar-refractivity contribution in [2.75, 3.05) is 13.6 Å². The molecule has 0 saturated heterocycles. The maximum absolute atomic E-state index is 6.28. The standard InChI is InChI=1S/C15H19BrClN3/c1-10-14(6-7-18-3)11(2)20(19-10)9-12-4-5-13(16)8-15(12)17/h4-5,8,18H,6-7,9H2,1-3H3. The highest BCUT2D eigenvalue weighted by Gasteiger charge is 2.12. The molecule has 1 heterocycles. The fourth-order valence-electron chi connectivity index (χ4n) is 2.31. The molecule has 0 aliphatic rings. The molecular formula is C15H19BrClN3. The van der Waals surface area contributed by atoms with Gasteiger partial charge in [0.15, 0.2) is 0 Å². The zero-order chi connectivity index (χ0) is 14.7. The second-order valence-corrected chi connectivity index (χ2v) is 6.22.